The molecule has 0 unspecified atom stereocenters. The van der Waals surface area contributed by atoms with Gasteiger partial charge in [-0.25, -0.2) is 4.98 Å². The molecule has 0 bridgehead atoms. The molecule has 0 saturated heterocycles. The van der Waals surface area contributed by atoms with E-state index in [9.17, 15) is 26.3 Å². The van der Waals surface area contributed by atoms with E-state index in [2.05, 4.69) is 14.7 Å². The highest BCUT2D eigenvalue weighted by Gasteiger charge is 2.34. The zero-order chi connectivity index (χ0) is 14.7. The molecule has 0 spiro atoms. The van der Waals surface area contributed by atoms with Crippen LogP contribution in [0.2, 0.25) is 0 Å². The van der Waals surface area contributed by atoms with Gasteiger partial charge in [-0.15, -0.1) is 0 Å². The Balaban J connectivity index is 2.62. The number of nitrogens with zero attached hydrogens (tertiary/aromatic N) is 2. The number of halogens is 6. The number of rotatable bonds is 4. The monoisotopic (exact) mass is 289 g/mol. The molecule has 0 aromatic carbocycles. The van der Waals surface area contributed by atoms with Crippen LogP contribution >= 0.6 is 0 Å². The van der Waals surface area contributed by atoms with Crippen LogP contribution in [0, 0.1) is 0 Å². The molecule has 0 saturated carbocycles. The summed E-state index contributed by atoms with van der Waals surface area (Å²) in [5.41, 5.74) is 3.73. The number of hydrogen-bond acceptors (Lipinski definition) is 4. The van der Waals surface area contributed by atoms with Crippen molar-refractivity contribution in [3.8, 4) is 5.88 Å². The smallest absolute Gasteiger partial charge is 0.433 e. The summed E-state index contributed by atoms with van der Waals surface area (Å²) >= 11 is 0. The van der Waals surface area contributed by atoms with E-state index in [-0.39, 0.29) is 0 Å². The minimum atomic E-state index is -4.73. The Kier molecular flexibility index (Phi) is 4.43. The summed E-state index contributed by atoms with van der Waals surface area (Å²) in [7, 11) is 0. The fraction of sp³-hybridized carbons (Fsp3) is 0.556. The molecule has 108 valence electrons. The third-order valence-electron chi connectivity index (χ3n) is 1.86. The second kappa shape index (κ2) is 5.49. The van der Waals surface area contributed by atoms with Crippen LogP contribution in [0.5, 0.6) is 5.88 Å². The molecule has 0 aliphatic rings. The first-order valence-corrected chi connectivity index (χ1v) is 4.99. The maximum Gasteiger partial charge on any atom is 0.433 e. The maximum absolute atomic E-state index is 12.3. The van der Waals surface area contributed by atoms with Gasteiger partial charge in [-0.1, -0.05) is 0 Å². The number of nitrogen functional groups attached to an aromatic ring is 1. The summed E-state index contributed by atoms with van der Waals surface area (Å²) in [6.07, 6.45) is -10.6. The van der Waals surface area contributed by atoms with Crippen molar-refractivity contribution in [1.29, 1.82) is 0 Å². The SMILES string of the molecule is Nc1nc(OCCCC(F)(F)F)cc(C(F)(F)F)n1. The Labute approximate surface area is 103 Å². The minimum Gasteiger partial charge on any atom is -0.478 e. The molecule has 2 N–H and O–H groups in total. The molecule has 10 heteroatoms. The third-order valence-corrected chi connectivity index (χ3v) is 1.86. The van der Waals surface area contributed by atoms with Gasteiger partial charge in [0.15, 0.2) is 5.69 Å². The van der Waals surface area contributed by atoms with Gasteiger partial charge in [0.05, 0.1) is 6.61 Å². The summed E-state index contributed by atoms with van der Waals surface area (Å²) in [5.74, 6) is -1.18. The highest BCUT2D eigenvalue weighted by Crippen LogP contribution is 2.30. The Morgan fingerprint density at radius 3 is 2.26 bits per heavy atom. The molecule has 19 heavy (non-hydrogen) atoms. The summed E-state index contributed by atoms with van der Waals surface area (Å²) < 4.78 is 77.2. The first kappa shape index (κ1) is 15.3. The molecule has 0 aliphatic carbocycles. The van der Waals surface area contributed by atoms with Gasteiger partial charge in [-0.3, -0.25) is 0 Å². The predicted molar refractivity (Wildman–Crippen MR) is 52.2 cm³/mol. The number of alkyl halides is 6. The predicted octanol–water partition coefficient (Wildman–Crippen LogP) is 2.80. The van der Waals surface area contributed by atoms with E-state index in [4.69, 9.17) is 5.73 Å². The summed E-state index contributed by atoms with van der Waals surface area (Å²) in [4.78, 5) is 6.30. The summed E-state index contributed by atoms with van der Waals surface area (Å²) in [5, 5.41) is 0. The molecule has 4 nitrogen and oxygen atoms in total. The van der Waals surface area contributed by atoms with E-state index in [0.29, 0.717) is 6.07 Å². The number of anilines is 1. The van der Waals surface area contributed by atoms with Gasteiger partial charge in [0.1, 0.15) is 0 Å². The molecule has 1 rings (SSSR count). The first-order chi connectivity index (χ1) is 8.58. The van der Waals surface area contributed by atoms with Crippen LogP contribution in [0.15, 0.2) is 6.07 Å². The van der Waals surface area contributed by atoms with E-state index in [0.717, 1.165) is 0 Å². The Morgan fingerprint density at radius 2 is 1.74 bits per heavy atom. The zero-order valence-electron chi connectivity index (χ0n) is 9.35. The standard InChI is InChI=1S/C9H9F6N3O/c10-8(11,12)2-1-3-19-6-4-5(9(13,14)15)17-7(16)18-6/h4H,1-3H2,(H2,16,17,18). The van der Waals surface area contributed by atoms with Gasteiger partial charge in [-0.05, 0) is 6.42 Å². The molecule has 1 aromatic heterocycles. The largest absolute Gasteiger partial charge is 0.478 e. The average molecular weight is 289 g/mol. The zero-order valence-corrected chi connectivity index (χ0v) is 9.35. The van der Waals surface area contributed by atoms with Gasteiger partial charge in [0, 0.05) is 12.5 Å². The topological polar surface area (TPSA) is 61.0 Å². The molecule has 1 heterocycles. The molecule has 0 amide bonds. The number of aromatic nitrogens is 2. The second-order valence-corrected chi connectivity index (χ2v) is 3.51. The summed E-state index contributed by atoms with van der Waals surface area (Å²) in [6, 6.07) is 0.476. The number of hydrogen-bond donors (Lipinski definition) is 1. The lowest BCUT2D eigenvalue weighted by Gasteiger charge is -2.10. The van der Waals surface area contributed by atoms with Crippen molar-refractivity contribution >= 4 is 5.95 Å². The highest BCUT2D eigenvalue weighted by molar-refractivity contribution is 5.27. The van der Waals surface area contributed by atoms with Crippen LogP contribution in [0.4, 0.5) is 32.3 Å². The Bertz CT molecular complexity index is 431. The fourth-order valence-electron chi connectivity index (χ4n) is 1.11. The van der Waals surface area contributed by atoms with E-state index < -0.39 is 49.3 Å². The molecule has 0 aliphatic heterocycles. The molecule has 0 fully saturated rings. The van der Waals surface area contributed by atoms with Crippen molar-refractivity contribution < 1.29 is 31.1 Å². The van der Waals surface area contributed by atoms with Crippen molar-refractivity contribution in [1.82, 2.24) is 9.97 Å². The lowest BCUT2D eigenvalue weighted by molar-refractivity contribution is -0.141. The third kappa shape index (κ3) is 5.62. The van der Waals surface area contributed by atoms with Crippen LogP contribution in [-0.4, -0.2) is 22.8 Å². The maximum atomic E-state index is 12.3. The Morgan fingerprint density at radius 1 is 1.11 bits per heavy atom. The van der Waals surface area contributed by atoms with Gasteiger partial charge in [0.25, 0.3) is 0 Å². The Hall–Kier alpha value is -1.74. The van der Waals surface area contributed by atoms with Crippen LogP contribution in [0.25, 0.3) is 0 Å². The number of ether oxygens (including phenoxy) is 1. The quantitative estimate of drug-likeness (QED) is 0.684. The van der Waals surface area contributed by atoms with Crippen molar-refractivity contribution in [2.24, 2.45) is 0 Å². The summed E-state index contributed by atoms with van der Waals surface area (Å²) in [6.45, 7) is -0.423. The van der Waals surface area contributed by atoms with E-state index in [1.807, 2.05) is 0 Å². The van der Waals surface area contributed by atoms with Gasteiger partial charge in [-0.2, -0.15) is 31.3 Å². The average Bonchev–Trinajstić information content (AvgIpc) is 2.21. The van der Waals surface area contributed by atoms with Crippen molar-refractivity contribution in [2.75, 3.05) is 12.3 Å². The van der Waals surface area contributed by atoms with Gasteiger partial charge in [0.2, 0.25) is 11.8 Å². The van der Waals surface area contributed by atoms with Crippen molar-refractivity contribution in [3.05, 3.63) is 11.8 Å². The molecule has 1 aromatic rings. The molecule has 0 radical (unpaired) electrons. The second-order valence-electron chi connectivity index (χ2n) is 3.51. The van der Waals surface area contributed by atoms with Crippen LogP contribution in [0.3, 0.4) is 0 Å². The van der Waals surface area contributed by atoms with E-state index >= 15 is 0 Å². The van der Waals surface area contributed by atoms with E-state index in [1.165, 1.54) is 0 Å². The van der Waals surface area contributed by atoms with Crippen molar-refractivity contribution in [2.45, 2.75) is 25.2 Å². The van der Waals surface area contributed by atoms with Gasteiger partial charge < -0.3 is 10.5 Å². The lowest BCUT2D eigenvalue weighted by Crippen LogP contribution is -2.13. The van der Waals surface area contributed by atoms with Crippen molar-refractivity contribution in [3.63, 3.8) is 0 Å². The first-order valence-electron chi connectivity index (χ1n) is 4.99. The van der Waals surface area contributed by atoms with Crippen LogP contribution in [-0.2, 0) is 6.18 Å². The van der Waals surface area contributed by atoms with Gasteiger partial charge >= 0.3 is 12.4 Å². The minimum absolute atomic E-state index is 0.394. The fourth-order valence-corrected chi connectivity index (χ4v) is 1.11. The van der Waals surface area contributed by atoms with E-state index in [1.54, 1.807) is 0 Å². The normalized spacial score (nSPS) is 12.5. The van der Waals surface area contributed by atoms with Crippen LogP contribution < -0.4 is 10.5 Å². The lowest BCUT2D eigenvalue weighted by atomic mass is 10.3. The molecular formula is C9H9F6N3O. The molecular weight excluding hydrogens is 280 g/mol. The number of nitrogens with two attached hydrogens (primary N) is 1. The van der Waals surface area contributed by atoms with Crippen LogP contribution in [0.1, 0.15) is 18.5 Å². The molecule has 0 atom stereocenters. The highest BCUT2D eigenvalue weighted by atomic mass is 19.4.